The van der Waals surface area contributed by atoms with Crippen LogP contribution in [0.4, 0.5) is 5.69 Å². The fourth-order valence-electron chi connectivity index (χ4n) is 4.56. The molecule has 3 aromatic carbocycles. The Bertz CT molecular complexity index is 1400. The fourth-order valence-corrected chi connectivity index (χ4v) is 5.47. The summed E-state index contributed by atoms with van der Waals surface area (Å²) in [7, 11) is 0. The summed E-state index contributed by atoms with van der Waals surface area (Å²) in [5.41, 5.74) is 4.95. The van der Waals surface area contributed by atoms with Gasteiger partial charge in [0.05, 0.1) is 42.7 Å². The number of aromatic nitrogens is 2. The first kappa shape index (κ1) is 27.2. The number of aliphatic hydroxyl groups is 2. The van der Waals surface area contributed by atoms with E-state index in [0.29, 0.717) is 17.0 Å². The van der Waals surface area contributed by atoms with Crippen molar-refractivity contribution in [1.29, 1.82) is 0 Å². The van der Waals surface area contributed by atoms with E-state index in [9.17, 15) is 15.0 Å². The maximum atomic E-state index is 12.8. The van der Waals surface area contributed by atoms with Crippen LogP contribution in [0.1, 0.15) is 46.5 Å². The van der Waals surface area contributed by atoms with Gasteiger partial charge in [0.25, 0.3) is 5.91 Å². The molecule has 0 saturated carbocycles. The van der Waals surface area contributed by atoms with E-state index in [1.165, 1.54) is 6.20 Å². The summed E-state index contributed by atoms with van der Waals surface area (Å²) in [5, 5.41) is 21.5. The number of carbonyl (C=O) groups is 1. The molecule has 3 N–H and O–H groups in total. The van der Waals surface area contributed by atoms with Crippen LogP contribution in [0, 0.1) is 5.92 Å². The van der Waals surface area contributed by atoms with E-state index in [1.807, 2.05) is 72.8 Å². The van der Waals surface area contributed by atoms with Crippen LogP contribution in [0.3, 0.4) is 0 Å². The Morgan fingerprint density at radius 1 is 0.949 bits per heavy atom. The highest BCUT2D eigenvalue weighted by Gasteiger charge is 2.38. The number of amides is 1. The second-order valence-electron chi connectivity index (χ2n) is 9.44. The Hall–Kier alpha value is -3.34. The molecule has 39 heavy (non-hydrogen) atoms. The number of ether oxygens (including phenoxy) is 2. The molecule has 0 unspecified atom stereocenters. The van der Waals surface area contributed by atoms with Gasteiger partial charge in [-0.05, 0) is 35.4 Å². The number of benzene rings is 3. The van der Waals surface area contributed by atoms with Gasteiger partial charge >= 0.3 is 0 Å². The molecule has 1 fully saturated rings. The average Bonchev–Trinajstić information content (AvgIpc) is 2.98. The van der Waals surface area contributed by atoms with Crippen LogP contribution in [0.2, 0.25) is 0 Å². The van der Waals surface area contributed by atoms with Gasteiger partial charge in [0.15, 0.2) is 6.29 Å². The van der Waals surface area contributed by atoms with E-state index in [-0.39, 0.29) is 42.9 Å². The zero-order valence-corrected chi connectivity index (χ0v) is 22.4. The molecule has 1 amide bonds. The van der Waals surface area contributed by atoms with Crippen molar-refractivity contribution in [3.05, 3.63) is 101 Å². The zero-order valence-electron chi connectivity index (χ0n) is 21.6. The summed E-state index contributed by atoms with van der Waals surface area (Å²) in [5.74, 6) is 1.11. The SMILES string of the molecule is C[C@@H]1[C@H](CSCCO)O[C@H](c2ccc(NC(=O)c3cnc4ccccc4n3)cc2)O[C@@H]1c1ccc(CO)cc1. The zero-order chi connectivity index (χ0) is 27.2. The van der Waals surface area contributed by atoms with Crippen molar-refractivity contribution in [2.24, 2.45) is 5.92 Å². The summed E-state index contributed by atoms with van der Waals surface area (Å²) in [6.45, 7) is 2.22. The standard InChI is InChI=1S/C30H31N3O5S/c1-19-27(18-39-15-14-34)37-30(38-28(19)21-8-6-20(17-35)7-9-21)22-10-12-23(13-11-22)32-29(36)26-16-31-24-4-2-3-5-25(24)33-26/h2-13,16,19,27-28,30,34-35H,14-15,17-18H2,1H3,(H,32,36)/t19-,27+,28+,30+/m1/s1. The van der Waals surface area contributed by atoms with Gasteiger partial charge in [0.1, 0.15) is 5.69 Å². The Kier molecular flexibility index (Phi) is 8.85. The normalized spacial score (nSPS) is 21.1. The van der Waals surface area contributed by atoms with Crippen LogP contribution in [-0.2, 0) is 16.1 Å². The molecule has 1 aromatic heterocycles. The quantitative estimate of drug-likeness (QED) is 0.255. The number of fused-ring (bicyclic) bond motifs is 1. The molecule has 8 nitrogen and oxygen atoms in total. The molecule has 0 aliphatic carbocycles. The third-order valence-electron chi connectivity index (χ3n) is 6.76. The summed E-state index contributed by atoms with van der Waals surface area (Å²) >= 11 is 1.65. The van der Waals surface area contributed by atoms with Crippen LogP contribution < -0.4 is 5.32 Å². The highest BCUT2D eigenvalue weighted by molar-refractivity contribution is 7.99. The Morgan fingerprint density at radius 2 is 1.67 bits per heavy atom. The fraction of sp³-hybridized carbons (Fsp3) is 0.300. The van der Waals surface area contributed by atoms with Gasteiger partial charge in [-0.15, -0.1) is 0 Å². The smallest absolute Gasteiger partial charge is 0.275 e. The minimum absolute atomic E-state index is 0.0101. The second kappa shape index (κ2) is 12.7. The summed E-state index contributed by atoms with van der Waals surface area (Å²) < 4.78 is 12.9. The highest BCUT2D eigenvalue weighted by Crippen LogP contribution is 2.42. The molecular weight excluding hydrogens is 514 g/mol. The van der Waals surface area contributed by atoms with E-state index in [4.69, 9.17) is 9.47 Å². The van der Waals surface area contributed by atoms with Gasteiger partial charge in [-0.2, -0.15) is 11.8 Å². The first-order valence-electron chi connectivity index (χ1n) is 12.9. The number of nitrogens with zero attached hydrogens (tertiary/aromatic N) is 2. The number of thioether (sulfide) groups is 1. The number of anilines is 1. The lowest BCUT2D eigenvalue weighted by Gasteiger charge is -2.41. The number of para-hydroxylation sites is 2. The Morgan fingerprint density at radius 3 is 2.38 bits per heavy atom. The second-order valence-corrected chi connectivity index (χ2v) is 10.6. The molecule has 9 heteroatoms. The molecule has 2 heterocycles. The van der Waals surface area contributed by atoms with Crippen molar-refractivity contribution >= 4 is 34.4 Å². The van der Waals surface area contributed by atoms with Gasteiger partial charge in [0, 0.05) is 28.7 Å². The van der Waals surface area contributed by atoms with Crippen molar-refractivity contribution in [2.45, 2.75) is 32.0 Å². The van der Waals surface area contributed by atoms with Gasteiger partial charge in [0.2, 0.25) is 0 Å². The number of rotatable bonds is 9. The first-order chi connectivity index (χ1) is 19.1. The van der Waals surface area contributed by atoms with Crippen LogP contribution >= 0.6 is 11.8 Å². The van der Waals surface area contributed by atoms with Gasteiger partial charge < -0.3 is 25.0 Å². The maximum absolute atomic E-state index is 12.8. The highest BCUT2D eigenvalue weighted by atomic mass is 32.2. The molecular formula is C30H31N3O5S. The molecule has 4 atom stereocenters. The molecule has 202 valence electrons. The summed E-state index contributed by atoms with van der Waals surface area (Å²) in [6.07, 6.45) is 0.578. The van der Waals surface area contributed by atoms with Crippen LogP contribution in [0.5, 0.6) is 0 Å². The van der Waals surface area contributed by atoms with E-state index >= 15 is 0 Å². The molecule has 5 rings (SSSR count). The molecule has 1 saturated heterocycles. The van der Waals surface area contributed by atoms with Crippen molar-refractivity contribution in [3.63, 3.8) is 0 Å². The predicted octanol–water partition coefficient (Wildman–Crippen LogP) is 4.89. The molecule has 0 bridgehead atoms. The minimum Gasteiger partial charge on any atom is -0.396 e. The van der Waals surface area contributed by atoms with Crippen molar-refractivity contribution in [3.8, 4) is 0 Å². The lowest BCUT2D eigenvalue weighted by Crippen LogP contribution is -2.38. The van der Waals surface area contributed by atoms with E-state index < -0.39 is 6.29 Å². The van der Waals surface area contributed by atoms with Gasteiger partial charge in [-0.3, -0.25) is 9.78 Å². The molecule has 4 aromatic rings. The van der Waals surface area contributed by atoms with Crippen LogP contribution in [0.15, 0.2) is 79.0 Å². The minimum atomic E-state index is -0.598. The largest absolute Gasteiger partial charge is 0.396 e. The number of carbonyl (C=O) groups excluding carboxylic acids is 1. The first-order valence-corrected chi connectivity index (χ1v) is 14.0. The monoisotopic (exact) mass is 545 g/mol. The summed E-state index contributed by atoms with van der Waals surface area (Å²) in [6, 6.07) is 22.6. The van der Waals surface area contributed by atoms with E-state index in [1.54, 1.807) is 11.8 Å². The predicted molar refractivity (Wildman–Crippen MR) is 151 cm³/mol. The molecule has 1 aliphatic rings. The third kappa shape index (κ3) is 6.46. The van der Waals surface area contributed by atoms with Crippen LogP contribution in [0.25, 0.3) is 11.0 Å². The summed E-state index contributed by atoms with van der Waals surface area (Å²) in [4.78, 5) is 21.5. The van der Waals surface area contributed by atoms with E-state index in [0.717, 1.165) is 28.0 Å². The van der Waals surface area contributed by atoms with Crippen molar-refractivity contribution in [1.82, 2.24) is 9.97 Å². The maximum Gasteiger partial charge on any atom is 0.275 e. The lowest BCUT2D eigenvalue weighted by molar-refractivity contribution is -0.268. The topological polar surface area (TPSA) is 114 Å². The number of hydrogen-bond donors (Lipinski definition) is 3. The van der Waals surface area contributed by atoms with Crippen molar-refractivity contribution < 1.29 is 24.5 Å². The average molecular weight is 546 g/mol. The number of aliphatic hydroxyl groups excluding tert-OH is 2. The van der Waals surface area contributed by atoms with E-state index in [2.05, 4.69) is 22.2 Å². The Labute approximate surface area is 231 Å². The molecule has 0 spiro atoms. The number of nitrogens with one attached hydrogen (secondary N) is 1. The van der Waals surface area contributed by atoms with Gasteiger partial charge in [-0.1, -0.05) is 55.5 Å². The molecule has 1 aliphatic heterocycles. The molecule has 0 radical (unpaired) electrons. The Balaban J connectivity index is 1.31. The van der Waals surface area contributed by atoms with Crippen LogP contribution in [-0.4, -0.2) is 50.3 Å². The van der Waals surface area contributed by atoms with Crippen molar-refractivity contribution in [2.75, 3.05) is 23.4 Å². The lowest BCUT2D eigenvalue weighted by atomic mass is 9.91. The van der Waals surface area contributed by atoms with Gasteiger partial charge in [-0.25, -0.2) is 4.98 Å². The number of hydrogen-bond acceptors (Lipinski definition) is 8. The third-order valence-corrected chi connectivity index (χ3v) is 7.80.